The summed E-state index contributed by atoms with van der Waals surface area (Å²) in [4.78, 5) is 25.8. The van der Waals surface area contributed by atoms with Crippen LogP contribution in [0, 0.1) is 6.92 Å². The molecule has 1 aromatic heterocycles. The summed E-state index contributed by atoms with van der Waals surface area (Å²) in [7, 11) is 0. The van der Waals surface area contributed by atoms with Gasteiger partial charge >= 0.3 is 0 Å². The van der Waals surface area contributed by atoms with Crippen molar-refractivity contribution >= 4 is 16.7 Å². The maximum absolute atomic E-state index is 12.9. The van der Waals surface area contributed by atoms with Crippen molar-refractivity contribution in [2.75, 3.05) is 0 Å². The lowest BCUT2D eigenvalue weighted by atomic mass is 10.1. The molecule has 3 aromatic carbocycles. The third kappa shape index (κ3) is 4.09. The molecule has 0 fully saturated rings. The summed E-state index contributed by atoms with van der Waals surface area (Å²) in [5.74, 6) is -0.302. The quantitative estimate of drug-likeness (QED) is 0.572. The molecule has 0 aliphatic carbocycles. The molecule has 0 aliphatic rings. The zero-order chi connectivity index (χ0) is 20.2. The Hall–Kier alpha value is -3.73. The van der Waals surface area contributed by atoms with Crippen LogP contribution in [0.3, 0.4) is 0 Å². The molecule has 0 atom stereocenters. The van der Waals surface area contributed by atoms with E-state index in [0.717, 1.165) is 11.1 Å². The highest BCUT2D eigenvalue weighted by Gasteiger charge is 2.16. The fourth-order valence-corrected chi connectivity index (χ4v) is 3.24. The number of benzene rings is 3. The van der Waals surface area contributed by atoms with Crippen molar-refractivity contribution < 1.29 is 4.79 Å². The highest BCUT2D eigenvalue weighted by atomic mass is 16.2. The second-order valence-corrected chi connectivity index (χ2v) is 7.01. The molecule has 4 rings (SSSR count). The number of hydrogen-bond acceptors (Lipinski definition) is 3. The van der Waals surface area contributed by atoms with Gasteiger partial charge in [0, 0.05) is 11.9 Å². The number of fused-ring (bicyclic) bond motifs is 1. The van der Waals surface area contributed by atoms with Gasteiger partial charge < -0.3 is 5.32 Å². The normalized spacial score (nSPS) is 10.8. The van der Waals surface area contributed by atoms with Crippen molar-refractivity contribution in [3.63, 3.8) is 0 Å². The van der Waals surface area contributed by atoms with Gasteiger partial charge in [-0.1, -0.05) is 78.4 Å². The number of nitrogens with one attached hydrogen (secondary N) is 1. The smallest absolute Gasteiger partial charge is 0.274 e. The van der Waals surface area contributed by atoms with Crippen LogP contribution in [0.25, 0.3) is 10.8 Å². The second kappa shape index (κ2) is 8.10. The van der Waals surface area contributed by atoms with E-state index < -0.39 is 0 Å². The van der Waals surface area contributed by atoms with Crippen molar-refractivity contribution in [3.05, 3.63) is 112 Å². The zero-order valence-corrected chi connectivity index (χ0v) is 16.1. The zero-order valence-electron chi connectivity index (χ0n) is 16.1. The van der Waals surface area contributed by atoms with E-state index in [2.05, 4.69) is 10.4 Å². The summed E-state index contributed by atoms with van der Waals surface area (Å²) in [6.07, 6.45) is 0. The first-order chi connectivity index (χ1) is 14.1. The van der Waals surface area contributed by atoms with Crippen LogP contribution < -0.4 is 10.9 Å². The summed E-state index contributed by atoms with van der Waals surface area (Å²) in [5, 5.41) is 8.38. The Balaban J connectivity index is 1.68. The van der Waals surface area contributed by atoms with Crippen LogP contribution in [0.5, 0.6) is 0 Å². The number of rotatable bonds is 5. The topological polar surface area (TPSA) is 64.0 Å². The average molecular weight is 383 g/mol. The van der Waals surface area contributed by atoms with Crippen molar-refractivity contribution in [1.29, 1.82) is 0 Å². The Morgan fingerprint density at radius 1 is 0.862 bits per heavy atom. The minimum Gasteiger partial charge on any atom is -0.347 e. The van der Waals surface area contributed by atoms with Gasteiger partial charge in [-0.3, -0.25) is 9.59 Å². The summed E-state index contributed by atoms with van der Waals surface area (Å²) in [6.45, 7) is 2.73. The fraction of sp³-hybridized carbons (Fsp3) is 0.125. The van der Waals surface area contributed by atoms with Crippen LogP contribution >= 0.6 is 0 Å². The maximum Gasteiger partial charge on any atom is 0.274 e. The highest BCUT2D eigenvalue weighted by molar-refractivity contribution is 6.04. The number of aromatic nitrogens is 2. The molecule has 0 saturated heterocycles. The maximum atomic E-state index is 12.9. The summed E-state index contributed by atoms with van der Waals surface area (Å²) in [6, 6.07) is 24.7. The standard InChI is InChI=1S/C24H21N3O2/c1-17-11-13-18(14-12-17)15-25-23(28)22-20-9-5-6-10-21(20)24(29)27(26-22)16-19-7-3-2-4-8-19/h2-14H,15-16H2,1H3,(H,25,28). The molecule has 0 radical (unpaired) electrons. The Morgan fingerprint density at radius 2 is 1.52 bits per heavy atom. The van der Waals surface area contributed by atoms with Gasteiger partial charge in [-0.2, -0.15) is 5.10 Å². The number of carbonyl (C=O) groups is 1. The van der Waals surface area contributed by atoms with Crippen LogP contribution in [0.15, 0.2) is 83.7 Å². The third-order valence-electron chi connectivity index (χ3n) is 4.83. The molecule has 5 nitrogen and oxygen atoms in total. The van der Waals surface area contributed by atoms with Crippen molar-refractivity contribution in [1.82, 2.24) is 15.1 Å². The fourth-order valence-electron chi connectivity index (χ4n) is 3.24. The average Bonchev–Trinajstić information content (AvgIpc) is 2.76. The Kier molecular flexibility index (Phi) is 5.20. The SMILES string of the molecule is Cc1ccc(CNC(=O)c2nn(Cc3ccccc3)c(=O)c3ccccc23)cc1. The first-order valence-electron chi connectivity index (χ1n) is 9.49. The molecule has 4 aromatic rings. The van der Waals surface area contributed by atoms with Crippen LogP contribution in [0.1, 0.15) is 27.2 Å². The molecule has 1 amide bonds. The second-order valence-electron chi connectivity index (χ2n) is 7.01. The van der Waals surface area contributed by atoms with E-state index in [9.17, 15) is 9.59 Å². The molecule has 0 saturated carbocycles. The van der Waals surface area contributed by atoms with Gasteiger partial charge in [-0.15, -0.1) is 0 Å². The van der Waals surface area contributed by atoms with Crippen LogP contribution in [-0.4, -0.2) is 15.7 Å². The molecule has 144 valence electrons. The Labute approximate surface area is 168 Å². The lowest BCUT2D eigenvalue weighted by Gasteiger charge is -2.12. The number of amides is 1. The predicted molar refractivity (Wildman–Crippen MR) is 114 cm³/mol. The molecule has 1 N–H and O–H groups in total. The predicted octanol–water partition coefficient (Wildman–Crippen LogP) is 3.68. The molecule has 0 unspecified atom stereocenters. The van der Waals surface area contributed by atoms with Crippen LogP contribution in [0.4, 0.5) is 0 Å². The molecule has 29 heavy (non-hydrogen) atoms. The van der Waals surface area contributed by atoms with E-state index >= 15 is 0 Å². The van der Waals surface area contributed by atoms with Crippen molar-refractivity contribution in [2.24, 2.45) is 0 Å². The van der Waals surface area contributed by atoms with Crippen molar-refractivity contribution in [2.45, 2.75) is 20.0 Å². The largest absolute Gasteiger partial charge is 0.347 e. The number of hydrogen-bond donors (Lipinski definition) is 1. The van der Waals surface area contributed by atoms with E-state index in [4.69, 9.17) is 0 Å². The molecule has 0 spiro atoms. The minimum atomic E-state index is -0.302. The van der Waals surface area contributed by atoms with Crippen LogP contribution in [-0.2, 0) is 13.1 Å². The first-order valence-corrected chi connectivity index (χ1v) is 9.49. The minimum absolute atomic E-state index is 0.209. The molecular formula is C24H21N3O2. The lowest BCUT2D eigenvalue weighted by Crippen LogP contribution is -2.30. The highest BCUT2D eigenvalue weighted by Crippen LogP contribution is 2.14. The van der Waals surface area contributed by atoms with E-state index in [1.165, 1.54) is 10.2 Å². The summed E-state index contributed by atoms with van der Waals surface area (Å²) in [5.41, 5.74) is 3.16. The van der Waals surface area contributed by atoms with E-state index in [1.807, 2.05) is 67.6 Å². The molecule has 1 heterocycles. The van der Waals surface area contributed by atoms with E-state index in [1.54, 1.807) is 18.2 Å². The summed E-state index contributed by atoms with van der Waals surface area (Å²) >= 11 is 0. The van der Waals surface area contributed by atoms with Gasteiger partial charge in [-0.05, 0) is 24.1 Å². The van der Waals surface area contributed by atoms with Gasteiger partial charge in [0.05, 0.1) is 11.9 Å². The van der Waals surface area contributed by atoms with Gasteiger partial charge in [0.25, 0.3) is 11.5 Å². The Morgan fingerprint density at radius 3 is 2.24 bits per heavy atom. The van der Waals surface area contributed by atoms with E-state index in [0.29, 0.717) is 23.9 Å². The molecular weight excluding hydrogens is 362 g/mol. The van der Waals surface area contributed by atoms with Gasteiger partial charge in [-0.25, -0.2) is 4.68 Å². The first kappa shape index (κ1) is 18.6. The third-order valence-corrected chi connectivity index (χ3v) is 4.83. The van der Waals surface area contributed by atoms with Gasteiger partial charge in [0.2, 0.25) is 0 Å². The Bertz CT molecular complexity index is 1210. The van der Waals surface area contributed by atoms with Crippen LogP contribution in [0.2, 0.25) is 0 Å². The number of nitrogens with zero attached hydrogens (tertiary/aromatic N) is 2. The molecule has 0 aliphatic heterocycles. The molecule has 5 heteroatoms. The number of aryl methyl sites for hydroxylation is 1. The molecule has 0 bridgehead atoms. The van der Waals surface area contributed by atoms with E-state index in [-0.39, 0.29) is 17.2 Å². The van der Waals surface area contributed by atoms with Crippen molar-refractivity contribution in [3.8, 4) is 0 Å². The van der Waals surface area contributed by atoms with Gasteiger partial charge in [0.1, 0.15) is 0 Å². The number of carbonyl (C=O) groups excluding carboxylic acids is 1. The lowest BCUT2D eigenvalue weighted by molar-refractivity contribution is 0.0945. The van der Waals surface area contributed by atoms with Gasteiger partial charge in [0.15, 0.2) is 5.69 Å². The summed E-state index contributed by atoms with van der Waals surface area (Å²) < 4.78 is 1.36. The monoisotopic (exact) mass is 383 g/mol.